The number of benzene rings is 1. The standard InChI is InChI=1S/C22H26N4O.HI/c1-23-22(26-11-9-16(14-26)27-20-8-4-5-10-24-20)25-13-19-18-12-15-6-2-3-7-17(15)21(18)19;/h2-8,10,16,18-19,21H,9,11-14H2,1H3,(H,23,25);1H. The number of aromatic nitrogens is 1. The van der Waals surface area contributed by atoms with Crippen molar-refractivity contribution >= 4 is 29.9 Å². The second-order valence-corrected chi connectivity index (χ2v) is 7.83. The molecule has 28 heavy (non-hydrogen) atoms. The number of rotatable bonds is 4. The third-order valence-corrected chi connectivity index (χ3v) is 6.28. The van der Waals surface area contributed by atoms with Crippen LogP contribution in [0.25, 0.3) is 0 Å². The summed E-state index contributed by atoms with van der Waals surface area (Å²) in [6, 6.07) is 14.7. The average molecular weight is 490 g/mol. The maximum absolute atomic E-state index is 6.00. The van der Waals surface area contributed by atoms with E-state index in [9.17, 15) is 0 Å². The number of hydrogen-bond donors (Lipinski definition) is 1. The second kappa shape index (κ2) is 8.27. The molecule has 2 fully saturated rings. The molecule has 5 rings (SSSR count). The van der Waals surface area contributed by atoms with Crippen molar-refractivity contribution in [1.29, 1.82) is 0 Å². The van der Waals surface area contributed by atoms with E-state index in [1.807, 2.05) is 25.2 Å². The first kappa shape index (κ1) is 19.5. The van der Waals surface area contributed by atoms with Crippen LogP contribution < -0.4 is 10.1 Å². The maximum atomic E-state index is 6.00. The van der Waals surface area contributed by atoms with Gasteiger partial charge in [0.2, 0.25) is 5.88 Å². The van der Waals surface area contributed by atoms with Gasteiger partial charge in [-0.3, -0.25) is 4.99 Å². The molecule has 6 heteroatoms. The molecule has 1 N–H and O–H groups in total. The van der Waals surface area contributed by atoms with Gasteiger partial charge in [0.05, 0.1) is 6.54 Å². The largest absolute Gasteiger partial charge is 0.472 e. The van der Waals surface area contributed by atoms with Crippen molar-refractivity contribution in [2.24, 2.45) is 16.8 Å². The van der Waals surface area contributed by atoms with E-state index in [0.717, 1.165) is 49.8 Å². The molecule has 0 amide bonds. The van der Waals surface area contributed by atoms with Gasteiger partial charge in [-0.1, -0.05) is 30.3 Å². The van der Waals surface area contributed by atoms with Crippen LogP contribution in [0.1, 0.15) is 23.5 Å². The van der Waals surface area contributed by atoms with Crippen molar-refractivity contribution < 1.29 is 4.74 Å². The molecule has 3 aliphatic rings. The van der Waals surface area contributed by atoms with Crippen LogP contribution in [0.15, 0.2) is 53.7 Å². The number of guanidine groups is 1. The van der Waals surface area contributed by atoms with Gasteiger partial charge in [0.1, 0.15) is 6.10 Å². The zero-order valence-corrected chi connectivity index (χ0v) is 18.5. The lowest BCUT2D eigenvalue weighted by atomic mass is 10.0. The topological polar surface area (TPSA) is 49.8 Å². The van der Waals surface area contributed by atoms with Gasteiger partial charge in [0.25, 0.3) is 0 Å². The molecule has 148 valence electrons. The molecule has 1 saturated carbocycles. The Morgan fingerprint density at radius 2 is 2.11 bits per heavy atom. The summed E-state index contributed by atoms with van der Waals surface area (Å²) >= 11 is 0. The minimum atomic E-state index is 0. The summed E-state index contributed by atoms with van der Waals surface area (Å²) in [6.45, 7) is 2.84. The summed E-state index contributed by atoms with van der Waals surface area (Å²) in [5.41, 5.74) is 3.14. The van der Waals surface area contributed by atoms with Crippen LogP contribution in [0, 0.1) is 11.8 Å². The van der Waals surface area contributed by atoms with E-state index in [4.69, 9.17) is 4.74 Å². The highest BCUT2D eigenvalue weighted by atomic mass is 127. The number of hydrogen-bond acceptors (Lipinski definition) is 3. The van der Waals surface area contributed by atoms with E-state index in [2.05, 4.69) is 44.5 Å². The Labute approximate surface area is 183 Å². The number of nitrogens with one attached hydrogen (secondary N) is 1. The Hall–Kier alpha value is -1.83. The van der Waals surface area contributed by atoms with E-state index in [1.165, 1.54) is 6.42 Å². The molecule has 5 nitrogen and oxygen atoms in total. The summed E-state index contributed by atoms with van der Waals surface area (Å²) in [5.74, 6) is 4.04. The molecule has 1 saturated heterocycles. The van der Waals surface area contributed by atoms with Crippen molar-refractivity contribution in [3.8, 4) is 5.88 Å². The lowest BCUT2D eigenvalue weighted by molar-refractivity contribution is 0.205. The Bertz CT molecular complexity index is 843. The van der Waals surface area contributed by atoms with Crippen molar-refractivity contribution in [3.05, 3.63) is 59.8 Å². The van der Waals surface area contributed by atoms with Gasteiger partial charge in [-0.15, -0.1) is 24.0 Å². The molecular formula is C22H27IN4O. The fraction of sp³-hybridized carbons (Fsp3) is 0.455. The molecule has 4 atom stereocenters. The fourth-order valence-electron chi connectivity index (χ4n) is 4.91. The average Bonchev–Trinajstić information content (AvgIpc) is 3.04. The van der Waals surface area contributed by atoms with Crippen molar-refractivity contribution in [2.75, 3.05) is 26.7 Å². The van der Waals surface area contributed by atoms with E-state index in [0.29, 0.717) is 5.88 Å². The summed E-state index contributed by atoms with van der Waals surface area (Å²) < 4.78 is 6.00. The van der Waals surface area contributed by atoms with E-state index < -0.39 is 0 Å². The van der Waals surface area contributed by atoms with E-state index >= 15 is 0 Å². The lowest BCUT2D eigenvalue weighted by Gasteiger charge is -2.22. The lowest BCUT2D eigenvalue weighted by Crippen LogP contribution is -2.42. The molecule has 1 aromatic heterocycles. The monoisotopic (exact) mass is 490 g/mol. The Kier molecular flexibility index (Phi) is 5.75. The van der Waals surface area contributed by atoms with Crippen molar-refractivity contribution in [1.82, 2.24) is 15.2 Å². The number of aliphatic imine (C=N–C) groups is 1. The first-order valence-corrected chi connectivity index (χ1v) is 9.94. The minimum absolute atomic E-state index is 0. The first-order valence-electron chi connectivity index (χ1n) is 9.94. The van der Waals surface area contributed by atoms with Crippen LogP contribution >= 0.6 is 24.0 Å². The molecule has 2 aromatic rings. The van der Waals surface area contributed by atoms with Crippen LogP contribution in [0.4, 0.5) is 0 Å². The molecule has 2 heterocycles. The second-order valence-electron chi connectivity index (χ2n) is 7.83. The highest BCUT2D eigenvalue weighted by Gasteiger charge is 2.55. The van der Waals surface area contributed by atoms with Gasteiger partial charge in [0, 0.05) is 38.8 Å². The number of pyridine rings is 1. The van der Waals surface area contributed by atoms with Gasteiger partial charge < -0.3 is 15.0 Å². The number of fused-ring (bicyclic) bond motifs is 3. The van der Waals surface area contributed by atoms with Crippen LogP contribution in [0.3, 0.4) is 0 Å². The Morgan fingerprint density at radius 1 is 1.25 bits per heavy atom. The maximum Gasteiger partial charge on any atom is 0.213 e. The Morgan fingerprint density at radius 3 is 2.93 bits per heavy atom. The highest BCUT2D eigenvalue weighted by molar-refractivity contribution is 14.0. The summed E-state index contributed by atoms with van der Waals surface area (Å²) in [4.78, 5) is 11.1. The molecule has 1 aliphatic heterocycles. The van der Waals surface area contributed by atoms with Crippen molar-refractivity contribution in [2.45, 2.75) is 24.9 Å². The quantitative estimate of drug-likeness (QED) is 0.406. The zero-order chi connectivity index (χ0) is 18.2. The SMILES string of the molecule is CN=C(NCC1C2Cc3ccccc3C12)N1CCC(Oc2ccccn2)C1.I. The molecule has 2 aliphatic carbocycles. The summed E-state index contributed by atoms with van der Waals surface area (Å²) in [7, 11) is 1.87. The van der Waals surface area contributed by atoms with Gasteiger partial charge in [-0.2, -0.15) is 0 Å². The van der Waals surface area contributed by atoms with Crippen LogP contribution in [0.5, 0.6) is 5.88 Å². The van der Waals surface area contributed by atoms with Crippen molar-refractivity contribution in [3.63, 3.8) is 0 Å². The van der Waals surface area contributed by atoms with Gasteiger partial charge in [0.15, 0.2) is 5.96 Å². The summed E-state index contributed by atoms with van der Waals surface area (Å²) in [6.07, 6.45) is 4.19. The Balaban J connectivity index is 0.00000192. The third-order valence-electron chi connectivity index (χ3n) is 6.28. The van der Waals surface area contributed by atoms with Gasteiger partial charge in [-0.05, 0) is 41.4 Å². The fourth-order valence-corrected chi connectivity index (χ4v) is 4.91. The molecule has 0 radical (unpaired) electrons. The van der Waals surface area contributed by atoms with Crippen LogP contribution in [-0.4, -0.2) is 48.6 Å². The highest BCUT2D eigenvalue weighted by Crippen LogP contribution is 2.60. The first-order chi connectivity index (χ1) is 13.3. The molecule has 0 spiro atoms. The molecule has 4 unspecified atom stereocenters. The minimum Gasteiger partial charge on any atom is -0.472 e. The normalized spacial score (nSPS) is 27.6. The predicted molar refractivity (Wildman–Crippen MR) is 121 cm³/mol. The van der Waals surface area contributed by atoms with Gasteiger partial charge >= 0.3 is 0 Å². The number of halogens is 1. The molecular weight excluding hydrogens is 463 g/mol. The predicted octanol–water partition coefficient (Wildman–Crippen LogP) is 3.31. The van der Waals surface area contributed by atoms with E-state index in [1.54, 1.807) is 17.3 Å². The number of likely N-dealkylation sites (tertiary alicyclic amines) is 1. The van der Waals surface area contributed by atoms with E-state index in [-0.39, 0.29) is 30.1 Å². The molecule has 0 bridgehead atoms. The number of ether oxygens (including phenoxy) is 1. The smallest absolute Gasteiger partial charge is 0.213 e. The summed E-state index contributed by atoms with van der Waals surface area (Å²) in [5, 5.41) is 3.62. The van der Waals surface area contributed by atoms with Crippen LogP contribution in [0.2, 0.25) is 0 Å². The number of nitrogens with zero attached hydrogens (tertiary/aromatic N) is 3. The third kappa shape index (κ3) is 3.71. The van der Waals surface area contributed by atoms with Gasteiger partial charge in [-0.25, -0.2) is 4.98 Å². The van der Waals surface area contributed by atoms with Crippen LogP contribution in [-0.2, 0) is 6.42 Å². The zero-order valence-electron chi connectivity index (χ0n) is 16.1. The molecule has 1 aromatic carbocycles.